The monoisotopic (exact) mass is 377 g/mol. The molecule has 1 aliphatic rings. The highest BCUT2D eigenvalue weighted by molar-refractivity contribution is 5.94. The zero-order valence-electron chi connectivity index (χ0n) is 15.2. The largest absolute Gasteiger partial charge is 0.368 e. The van der Waals surface area contributed by atoms with Crippen LogP contribution in [0, 0.1) is 17.1 Å². The second-order valence-corrected chi connectivity index (χ2v) is 7.05. The van der Waals surface area contributed by atoms with Gasteiger partial charge >= 0.3 is 0 Å². The van der Waals surface area contributed by atoms with Gasteiger partial charge in [0.2, 0.25) is 0 Å². The molecule has 1 fully saturated rings. The van der Waals surface area contributed by atoms with Gasteiger partial charge < -0.3 is 10.6 Å². The minimum absolute atomic E-state index is 0.116. The number of imidazole rings is 1. The van der Waals surface area contributed by atoms with Crippen LogP contribution in [0.2, 0.25) is 0 Å². The zero-order valence-corrected chi connectivity index (χ0v) is 15.2. The summed E-state index contributed by atoms with van der Waals surface area (Å²) < 4.78 is 14.9. The summed E-state index contributed by atoms with van der Waals surface area (Å²) in [6.07, 6.45) is 5.31. The Morgan fingerprint density at radius 3 is 2.54 bits per heavy atom. The molecule has 4 rings (SSSR count). The summed E-state index contributed by atoms with van der Waals surface area (Å²) in [5.41, 5.74) is 1.60. The number of carbonyl (C=O) groups is 1. The molecule has 0 aliphatic heterocycles. The summed E-state index contributed by atoms with van der Waals surface area (Å²) in [5.74, 6) is 0.395. The molecule has 0 radical (unpaired) electrons. The van der Waals surface area contributed by atoms with E-state index in [1.807, 2.05) is 22.6 Å². The molecular weight excluding hydrogens is 357 g/mol. The molecular formula is C21H20FN5O. The first-order valence-electron chi connectivity index (χ1n) is 9.33. The van der Waals surface area contributed by atoms with Crippen molar-refractivity contribution in [2.45, 2.75) is 37.8 Å². The molecule has 6 nitrogen and oxygen atoms in total. The maximum absolute atomic E-state index is 13.0. The van der Waals surface area contributed by atoms with Crippen LogP contribution in [0.3, 0.4) is 0 Å². The Morgan fingerprint density at radius 1 is 1.11 bits per heavy atom. The Balaban J connectivity index is 1.34. The van der Waals surface area contributed by atoms with Crippen molar-refractivity contribution < 1.29 is 9.18 Å². The van der Waals surface area contributed by atoms with Crippen LogP contribution in [0.5, 0.6) is 0 Å². The number of nitriles is 1. The fourth-order valence-electron chi connectivity index (χ4n) is 3.64. The number of amides is 1. The van der Waals surface area contributed by atoms with Gasteiger partial charge in [0.15, 0.2) is 5.69 Å². The predicted molar refractivity (Wildman–Crippen MR) is 103 cm³/mol. The lowest BCUT2D eigenvalue weighted by atomic mass is 9.91. The molecule has 1 amide bonds. The van der Waals surface area contributed by atoms with Gasteiger partial charge in [0.1, 0.15) is 23.4 Å². The van der Waals surface area contributed by atoms with Crippen LogP contribution in [0.15, 0.2) is 48.7 Å². The molecule has 2 heterocycles. The highest BCUT2D eigenvalue weighted by Crippen LogP contribution is 2.23. The number of hydrogen-bond donors (Lipinski definition) is 2. The smallest absolute Gasteiger partial charge is 0.251 e. The van der Waals surface area contributed by atoms with Crippen molar-refractivity contribution in [2.24, 2.45) is 0 Å². The number of halogens is 1. The first-order chi connectivity index (χ1) is 13.6. The van der Waals surface area contributed by atoms with E-state index < -0.39 is 0 Å². The normalized spacial score (nSPS) is 19.1. The van der Waals surface area contributed by atoms with Crippen molar-refractivity contribution in [2.75, 3.05) is 5.32 Å². The lowest BCUT2D eigenvalue weighted by Crippen LogP contribution is -2.40. The Labute approximate surface area is 162 Å². The first kappa shape index (κ1) is 18.0. The number of rotatable bonds is 4. The quantitative estimate of drug-likeness (QED) is 0.729. The number of nitrogens with one attached hydrogen (secondary N) is 2. The number of nitrogens with zero attached hydrogens (tertiary/aromatic N) is 3. The lowest BCUT2D eigenvalue weighted by Gasteiger charge is -2.30. The summed E-state index contributed by atoms with van der Waals surface area (Å²) in [7, 11) is 0. The Kier molecular flexibility index (Phi) is 4.94. The predicted octanol–water partition coefficient (Wildman–Crippen LogP) is 3.50. The highest BCUT2D eigenvalue weighted by Gasteiger charge is 2.23. The van der Waals surface area contributed by atoms with Gasteiger partial charge in [0, 0.05) is 23.8 Å². The molecule has 0 unspecified atom stereocenters. The van der Waals surface area contributed by atoms with E-state index in [1.54, 1.807) is 6.20 Å². The molecule has 2 N–H and O–H groups in total. The lowest BCUT2D eigenvalue weighted by molar-refractivity contribution is 0.0926. The van der Waals surface area contributed by atoms with E-state index in [0.717, 1.165) is 37.1 Å². The van der Waals surface area contributed by atoms with E-state index in [9.17, 15) is 9.18 Å². The second-order valence-electron chi connectivity index (χ2n) is 7.05. The molecule has 0 saturated heterocycles. The van der Waals surface area contributed by atoms with Crippen molar-refractivity contribution in [3.05, 3.63) is 65.7 Å². The van der Waals surface area contributed by atoms with Crippen LogP contribution in [-0.4, -0.2) is 27.4 Å². The maximum Gasteiger partial charge on any atom is 0.251 e. The number of anilines is 1. The molecule has 0 spiro atoms. The number of benzene rings is 1. The second kappa shape index (κ2) is 7.69. The molecule has 1 aliphatic carbocycles. The van der Waals surface area contributed by atoms with Crippen LogP contribution in [-0.2, 0) is 0 Å². The summed E-state index contributed by atoms with van der Waals surface area (Å²) in [6.45, 7) is 0. The van der Waals surface area contributed by atoms with Gasteiger partial charge in [-0.25, -0.2) is 9.37 Å². The van der Waals surface area contributed by atoms with Gasteiger partial charge in [0.05, 0.1) is 0 Å². The molecule has 1 aromatic carbocycles. The average Bonchev–Trinajstić information content (AvgIpc) is 3.14. The van der Waals surface area contributed by atoms with Crippen LogP contribution in [0.4, 0.5) is 10.2 Å². The van der Waals surface area contributed by atoms with Gasteiger partial charge in [-0.2, -0.15) is 5.26 Å². The molecule has 0 atom stereocenters. The summed E-state index contributed by atoms with van der Waals surface area (Å²) >= 11 is 0. The van der Waals surface area contributed by atoms with Crippen molar-refractivity contribution >= 4 is 17.4 Å². The first-order valence-corrected chi connectivity index (χ1v) is 9.33. The van der Waals surface area contributed by atoms with Crippen LogP contribution in [0.25, 0.3) is 5.65 Å². The Hall–Kier alpha value is -3.40. The topological polar surface area (TPSA) is 82.2 Å². The summed E-state index contributed by atoms with van der Waals surface area (Å²) in [6, 6.07) is 13.8. The molecule has 3 aromatic rings. The van der Waals surface area contributed by atoms with Gasteiger partial charge in [-0.05, 0) is 62.1 Å². The van der Waals surface area contributed by atoms with Crippen LogP contribution in [0.1, 0.15) is 41.7 Å². The zero-order chi connectivity index (χ0) is 19.5. The maximum atomic E-state index is 13.0. The number of hydrogen-bond acceptors (Lipinski definition) is 4. The fraction of sp³-hybridized carbons (Fsp3) is 0.286. The highest BCUT2D eigenvalue weighted by atomic mass is 19.1. The van der Waals surface area contributed by atoms with Gasteiger partial charge in [-0.1, -0.05) is 6.07 Å². The van der Waals surface area contributed by atoms with Crippen LogP contribution >= 0.6 is 0 Å². The van der Waals surface area contributed by atoms with Gasteiger partial charge in [-0.3, -0.25) is 9.20 Å². The van der Waals surface area contributed by atoms with Gasteiger partial charge in [0.25, 0.3) is 5.91 Å². The number of fused-ring (bicyclic) bond motifs is 1. The minimum Gasteiger partial charge on any atom is -0.368 e. The van der Waals surface area contributed by atoms with E-state index in [0.29, 0.717) is 11.3 Å². The fourth-order valence-corrected chi connectivity index (χ4v) is 3.64. The Bertz CT molecular complexity index is 1030. The summed E-state index contributed by atoms with van der Waals surface area (Å²) in [5, 5.41) is 15.6. The Morgan fingerprint density at radius 2 is 1.82 bits per heavy atom. The number of aromatic nitrogens is 2. The third-order valence-corrected chi connectivity index (χ3v) is 5.13. The number of pyridine rings is 1. The third kappa shape index (κ3) is 3.81. The van der Waals surface area contributed by atoms with Crippen LogP contribution < -0.4 is 10.6 Å². The van der Waals surface area contributed by atoms with E-state index in [4.69, 9.17) is 5.26 Å². The molecule has 1 saturated carbocycles. The molecule has 28 heavy (non-hydrogen) atoms. The van der Waals surface area contributed by atoms with Crippen molar-refractivity contribution in [3.63, 3.8) is 0 Å². The SMILES string of the molecule is N#Cc1cn2c(NC3CCC(NC(=O)c4ccc(F)cc4)CC3)cccc2n1. The molecule has 142 valence electrons. The average molecular weight is 377 g/mol. The number of carbonyl (C=O) groups excluding carboxylic acids is 1. The van der Waals surface area contributed by atoms with E-state index in [-0.39, 0.29) is 23.8 Å². The minimum atomic E-state index is -0.349. The van der Waals surface area contributed by atoms with Gasteiger partial charge in [-0.15, -0.1) is 0 Å². The molecule has 0 bridgehead atoms. The standard InChI is InChI=1S/C21H20FN5O/c22-15-6-4-14(5-7-15)21(28)26-17-10-8-16(9-11-17)24-19-2-1-3-20-25-18(12-23)13-27(19)20/h1-7,13,16-17,24H,8-11H2,(H,26,28). The third-order valence-electron chi connectivity index (χ3n) is 5.13. The molecule has 2 aromatic heterocycles. The van der Waals surface area contributed by atoms with E-state index in [2.05, 4.69) is 21.7 Å². The van der Waals surface area contributed by atoms with Crippen molar-refractivity contribution in [3.8, 4) is 6.07 Å². The van der Waals surface area contributed by atoms with Crippen molar-refractivity contribution in [1.29, 1.82) is 5.26 Å². The van der Waals surface area contributed by atoms with Crippen molar-refractivity contribution in [1.82, 2.24) is 14.7 Å². The van der Waals surface area contributed by atoms with E-state index in [1.165, 1.54) is 24.3 Å². The van der Waals surface area contributed by atoms with E-state index >= 15 is 0 Å². The summed E-state index contributed by atoms with van der Waals surface area (Å²) in [4.78, 5) is 16.5. The molecule has 7 heteroatoms.